The van der Waals surface area contributed by atoms with Crippen LogP contribution in [0, 0.1) is 0 Å². The molecular formula is C22H22BrClN4O2. The standard InChI is InChI=1S/C22H22BrClN4O2/c23-17-14-16(24)7-8-20(17)30-13-3-6-22(29)28-11-9-27(10-12-28)21-15-25-18-4-1-2-5-19(18)26-21/h1-2,4-5,7-8,14-15H,3,6,9-13H2. The molecule has 0 aliphatic carbocycles. The molecule has 2 heterocycles. The van der Waals surface area contributed by atoms with E-state index in [9.17, 15) is 4.79 Å². The van der Waals surface area contributed by atoms with Gasteiger partial charge >= 0.3 is 0 Å². The molecular weight excluding hydrogens is 468 g/mol. The first-order valence-electron chi connectivity index (χ1n) is 9.92. The molecule has 0 atom stereocenters. The van der Waals surface area contributed by atoms with E-state index in [-0.39, 0.29) is 5.91 Å². The molecule has 8 heteroatoms. The van der Waals surface area contributed by atoms with Crippen molar-refractivity contribution in [3.63, 3.8) is 0 Å². The third-order valence-electron chi connectivity index (χ3n) is 5.08. The van der Waals surface area contributed by atoms with Crippen molar-refractivity contribution in [2.45, 2.75) is 12.8 Å². The first-order valence-corrected chi connectivity index (χ1v) is 11.1. The van der Waals surface area contributed by atoms with Crippen molar-refractivity contribution < 1.29 is 9.53 Å². The van der Waals surface area contributed by atoms with Crippen LogP contribution in [0.4, 0.5) is 5.82 Å². The molecule has 0 N–H and O–H groups in total. The number of carbonyl (C=O) groups is 1. The van der Waals surface area contributed by atoms with Gasteiger partial charge in [0.1, 0.15) is 11.6 Å². The Balaban J connectivity index is 1.23. The van der Waals surface area contributed by atoms with Crippen LogP contribution in [0.25, 0.3) is 11.0 Å². The molecule has 3 aromatic rings. The van der Waals surface area contributed by atoms with Crippen molar-refractivity contribution in [1.82, 2.24) is 14.9 Å². The summed E-state index contributed by atoms with van der Waals surface area (Å²) in [7, 11) is 0. The summed E-state index contributed by atoms with van der Waals surface area (Å²) in [4.78, 5) is 25.8. The van der Waals surface area contributed by atoms with Gasteiger partial charge in [-0.05, 0) is 52.7 Å². The second-order valence-electron chi connectivity index (χ2n) is 7.11. The summed E-state index contributed by atoms with van der Waals surface area (Å²) in [6.45, 7) is 3.38. The van der Waals surface area contributed by atoms with Gasteiger partial charge in [-0.2, -0.15) is 0 Å². The molecule has 30 heavy (non-hydrogen) atoms. The molecule has 0 bridgehead atoms. The number of nitrogens with zero attached hydrogens (tertiary/aromatic N) is 4. The summed E-state index contributed by atoms with van der Waals surface area (Å²) >= 11 is 9.36. The second-order valence-corrected chi connectivity index (χ2v) is 8.40. The lowest BCUT2D eigenvalue weighted by atomic mass is 10.2. The lowest BCUT2D eigenvalue weighted by Crippen LogP contribution is -2.49. The lowest BCUT2D eigenvalue weighted by molar-refractivity contribution is -0.131. The number of halogens is 2. The number of fused-ring (bicyclic) bond motifs is 1. The SMILES string of the molecule is O=C(CCCOc1ccc(Cl)cc1Br)N1CCN(c2cnc3ccccc3n2)CC1. The van der Waals surface area contributed by atoms with Gasteiger partial charge < -0.3 is 14.5 Å². The largest absolute Gasteiger partial charge is 0.492 e. The van der Waals surface area contributed by atoms with Gasteiger partial charge in [0.05, 0.1) is 28.3 Å². The molecule has 6 nitrogen and oxygen atoms in total. The lowest BCUT2D eigenvalue weighted by Gasteiger charge is -2.35. The normalized spacial score (nSPS) is 14.2. The number of para-hydroxylation sites is 2. The first kappa shape index (κ1) is 20.9. The number of amides is 1. The highest BCUT2D eigenvalue weighted by Gasteiger charge is 2.22. The number of hydrogen-bond acceptors (Lipinski definition) is 5. The fourth-order valence-corrected chi connectivity index (χ4v) is 4.24. The molecule has 0 saturated carbocycles. The summed E-state index contributed by atoms with van der Waals surface area (Å²) in [6, 6.07) is 13.2. The highest BCUT2D eigenvalue weighted by molar-refractivity contribution is 9.10. The van der Waals surface area contributed by atoms with Crippen LogP contribution < -0.4 is 9.64 Å². The van der Waals surface area contributed by atoms with Gasteiger partial charge in [-0.1, -0.05) is 23.7 Å². The van der Waals surface area contributed by atoms with Crippen LogP contribution in [0.15, 0.2) is 53.1 Å². The van der Waals surface area contributed by atoms with Crippen LogP contribution >= 0.6 is 27.5 Å². The monoisotopic (exact) mass is 488 g/mol. The zero-order valence-electron chi connectivity index (χ0n) is 16.4. The topological polar surface area (TPSA) is 58.6 Å². The Bertz CT molecular complexity index is 1040. The van der Waals surface area contributed by atoms with Crippen LogP contribution in [0.5, 0.6) is 5.75 Å². The van der Waals surface area contributed by atoms with Gasteiger partial charge in [-0.15, -0.1) is 0 Å². The van der Waals surface area contributed by atoms with Crippen molar-refractivity contribution in [2.75, 3.05) is 37.7 Å². The van der Waals surface area contributed by atoms with E-state index in [2.05, 4.69) is 25.8 Å². The summed E-state index contributed by atoms with van der Waals surface area (Å²) in [5.41, 5.74) is 1.78. The number of piperazine rings is 1. The Morgan fingerprint density at radius 3 is 2.63 bits per heavy atom. The van der Waals surface area contributed by atoms with Crippen molar-refractivity contribution in [1.29, 1.82) is 0 Å². The minimum Gasteiger partial charge on any atom is -0.492 e. The van der Waals surface area contributed by atoms with Crippen molar-refractivity contribution in [3.05, 3.63) is 58.2 Å². The molecule has 1 fully saturated rings. The maximum atomic E-state index is 12.5. The van der Waals surface area contributed by atoms with E-state index in [0.29, 0.717) is 37.6 Å². The number of aromatic nitrogens is 2. The Hall–Kier alpha value is -2.38. The minimum absolute atomic E-state index is 0.165. The summed E-state index contributed by atoms with van der Waals surface area (Å²) < 4.78 is 6.55. The number of ether oxygens (including phenoxy) is 1. The molecule has 2 aromatic carbocycles. The van der Waals surface area contributed by atoms with E-state index in [4.69, 9.17) is 21.3 Å². The molecule has 0 radical (unpaired) electrons. The van der Waals surface area contributed by atoms with Gasteiger partial charge in [0.2, 0.25) is 5.91 Å². The molecule has 1 amide bonds. The third-order valence-corrected chi connectivity index (χ3v) is 5.93. The average molecular weight is 490 g/mol. The van der Waals surface area contributed by atoms with Crippen molar-refractivity contribution >= 4 is 50.3 Å². The van der Waals surface area contributed by atoms with E-state index in [1.165, 1.54) is 0 Å². The van der Waals surface area contributed by atoms with E-state index in [1.54, 1.807) is 12.1 Å². The first-order chi connectivity index (χ1) is 14.6. The molecule has 156 valence electrons. The Labute approximate surface area is 188 Å². The predicted octanol–water partition coefficient (Wildman–Crippen LogP) is 4.55. The fraction of sp³-hybridized carbons (Fsp3) is 0.318. The van der Waals surface area contributed by atoms with Crippen LogP contribution in [0.2, 0.25) is 5.02 Å². The molecule has 1 aromatic heterocycles. The quantitative estimate of drug-likeness (QED) is 0.475. The number of rotatable bonds is 6. The molecule has 1 aliphatic heterocycles. The van der Waals surface area contributed by atoms with Crippen molar-refractivity contribution in [3.8, 4) is 5.75 Å². The van der Waals surface area contributed by atoms with Crippen LogP contribution in [0.3, 0.4) is 0 Å². The summed E-state index contributed by atoms with van der Waals surface area (Å²) in [5, 5.41) is 0.651. The average Bonchev–Trinajstić information content (AvgIpc) is 2.77. The van der Waals surface area contributed by atoms with E-state index < -0.39 is 0 Å². The smallest absolute Gasteiger partial charge is 0.222 e. The Kier molecular flexibility index (Phi) is 6.69. The van der Waals surface area contributed by atoms with Crippen LogP contribution in [-0.2, 0) is 4.79 Å². The minimum atomic E-state index is 0.165. The maximum Gasteiger partial charge on any atom is 0.222 e. The molecule has 4 rings (SSSR count). The van der Waals surface area contributed by atoms with E-state index in [0.717, 1.165) is 40.2 Å². The Morgan fingerprint density at radius 1 is 1.10 bits per heavy atom. The second kappa shape index (κ2) is 9.62. The van der Waals surface area contributed by atoms with Gasteiger partial charge in [0.15, 0.2) is 0 Å². The van der Waals surface area contributed by atoms with Crippen LogP contribution in [0.1, 0.15) is 12.8 Å². The zero-order chi connectivity index (χ0) is 20.9. The number of carbonyl (C=O) groups excluding carboxylic acids is 1. The van der Waals surface area contributed by atoms with Gasteiger partial charge in [-0.25, -0.2) is 4.98 Å². The van der Waals surface area contributed by atoms with Gasteiger partial charge in [-0.3, -0.25) is 9.78 Å². The fourth-order valence-electron chi connectivity index (χ4n) is 3.44. The molecule has 1 aliphatic rings. The van der Waals surface area contributed by atoms with Gasteiger partial charge in [0, 0.05) is 37.6 Å². The Morgan fingerprint density at radius 2 is 1.87 bits per heavy atom. The summed E-state index contributed by atoms with van der Waals surface area (Å²) in [5.74, 6) is 1.76. The highest BCUT2D eigenvalue weighted by Crippen LogP contribution is 2.28. The number of hydrogen-bond donors (Lipinski definition) is 0. The van der Waals surface area contributed by atoms with Crippen molar-refractivity contribution in [2.24, 2.45) is 0 Å². The number of anilines is 1. The molecule has 0 unspecified atom stereocenters. The number of benzene rings is 2. The van der Waals surface area contributed by atoms with Gasteiger partial charge in [0.25, 0.3) is 0 Å². The maximum absolute atomic E-state index is 12.5. The molecule has 0 spiro atoms. The summed E-state index contributed by atoms with van der Waals surface area (Å²) in [6.07, 6.45) is 2.96. The van der Waals surface area contributed by atoms with E-state index >= 15 is 0 Å². The van der Waals surface area contributed by atoms with Crippen LogP contribution in [-0.4, -0.2) is 53.6 Å². The highest BCUT2D eigenvalue weighted by atomic mass is 79.9. The molecule has 1 saturated heterocycles. The predicted molar refractivity (Wildman–Crippen MR) is 122 cm³/mol. The zero-order valence-corrected chi connectivity index (χ0v) is 18.8. The van der Waals surface area contributed by atoms with E-state index in [1.807, 2.05) is 41.4 Å². The third kappa shape index (κ3) is 5.02.